The molecule has 1 atom stereocenters. The Kier molecular flexibility index (Phi) is 4.03. The molecule has 2 aromatic rings. The Morgan fingerprint density at radius 2 is 2.25 bits per heavy atom. The third kappa shape index (κ3) is 2.92. The van der Waals surface area contributed by atoms with E-state index in [4.69, 9.17) is 25.9 Å². The molecule has 4 rings (SSSR count). The van der Waals surface area contributed by atoms with Crippen molar-refractivity contribution in [3.63, 3.8) is 0 Å². The highest BCUT2D eigenvalue weighted by molar-refractivity contribution is 7.18. The maximum absolute atomic E-state index is 12.3. The second kappa shape index (κ2) is 6.33. The van der Waals surface area contributed by atoms with Crippen LogP contribution < -0.4 is 14.8 Å². The van der Waals surface area contributed by atoms with E-state index in [-0.39, 0.29) is 12.7 Å². The molecule has 0 radical (unpaired) electrons. The summed E-state index contributed by atoms with van der Waals surface area (Å²) in [7, 11) is 0. The van der Waals surface area contributed by atoms with Crippen LogP contribution in [0.4, 0.5) is 0 Å². The summed E-state index contributed by atoms with van der Waals surface area (Å²) in [5.74, 6) is 1.15. The van der Waals surface area contributed by atoms with Crippen LogP contribution in [0, 0.1) is 0 Å². The largest absolute Gasteiger partial charge is 0.454 e. The number of hydrogen-bond donors (Lipinski definition) is 1. The molecule has 8 heteroatoms. The molecule has 1 N–H and O–H groups in total. The lowest BCUT2D eigenvalue weighted by Gasteiger charge is -2.10. The fraction of sp³-hybridized carbons (Fsp3) is 0.250. The van der Waals surface area contributed by atoms with Gasteiger partial charge in [0.05, 0.1) is 9.21 Å². The van der Waals surface area contributed by atoms with Gasteiger partial charge in [-0.25, -0.2) is 0 Å². The first-order valence-corrected chi connectivity index (χ1v) is 8.54. The van der Waals surface area contributed by atoms with Gasteiger partial charge in [0.25, 0.3) is 5.91 Å². The van der Waals surface area contributed by atoms with E-state index in [1.54, 1.807) is 6.07 Å². The number of nitrogens with zero attached hydrogens (tertiary/aromatic N) is 1. The van der Waals surface area contributed by atoms with E-state index in [0.29, 0.717) is 28.8 Å². The summed E-state index contributed by atoms with van der Waals surface area (Å²) in [5, 5.41) is 6.85. The van der Waals surface area contributed by atoms with Crippen molar-refractivity contribution in [3.8, 4) is 11.5 Å². The van der Waals surface area contributed by atoms with Gasteiger partial charge in [0.1, 0.15) is 5.71 Å². The number of nitrogens with one attached hydrogen (secondary N) is 1. The highest BCUT2D eigenvalue weighted by Crippen LogP contribution is 2.35. The number of carbonyl (C=O) groups is 1. The first kappa shape index (κ1) is 15.3. The van der Waals surface area contributed by atoms with Crippen LogP contribution in [0.25, 0.3) is 0 Å². The second-order valence-electron chi connectivity index (χ2n) is 5.31. The van der Waals surface area contributed by atoms with Crippen molar-refractivity contribution in [2.24, 2.45) is 5.16 Å². The fourth-order valence-electron chi connectivity index (χ4n) is 2.56. The van der Waals surface area contributed by atoms with Gasteiger partial charge in [0, 0.05) is 18.5 Å². The molecular formula is C16H13ClN2O4S. The third-order valence-electron chi connectivity index (χ3n) is 3.75. The summed E-state index contributed by atoms with van der Waals surface area (Å²) < 4.78 is 11.4. The lowest BCUT2D eigenvalue weighted by atomic mass is 10.1. The van der Waals surface area contributed by atoms with Crippen LogP contribution >= 0.6 is 22.9 Å². The monoisotopic (exact) mass is 364 g/mol. The number of para-hydroxylation sites is 1. The molecule has 2 aliphatic rings. The average molecular weight is 365 g/mol. The maximum atomic E-state index is 12.3. The van der Waals surface area contributed by atoms with Crippen molar-refractivity contribution in [2.45, 2.75) is 19.1 Å². The lowest BCUT2D eigenvalue weighted by molar-refractivity contribution is -0.131. The van der Waals surface area contributed by atoms with Gasteiger partial charge < -0.3 is 19.6 Å². The Bertz CT molecular complexity index is 820. The smallest absolute Gasteiger partial charge is 0.264 e. The molecule has 1 aromatic heterocycles. The van der Waals surface area contributed by atoms with Gasteiger partial charge in [-0.15, -0.1) is 11.3 Å². The number of oxime groups is 1. The second-order valence-corrected chi connectivity index (χ2v) is 7.02. The predicted octanol–water partition coefficient (Wildman–Crippen LogP) is 2.94. The zero-order valence-electron chi connectivity index (χ0n) is 12.5. The SMILES string of the molecule is O=C(NCc1cccc2c1OCO2)[C@H]1CC(c2ccc(Cl)s2)=NO1. The number of thiophene rings is 1. The van der Waals surface area contributed by atoms with E-state index >= 15 is 0 Å². The summed E-state index contributed by atoms with van der Waals surface area (Å²) in [6.07, 6.45) is -0.204. The Morgan fingerprint density at radius 1 is 1.33 bits per heavy atom. The molecule has 0 saturated carbocycles. The van der Waals surface area contributed by atoms with Gasteiger partial charge in [-0.1, -0.05) is 28.9 Å². The number of ether oxygens (including phenoxy) is 2. The van der Waals surface area contributed by atoms with E-state index in [0.717, 1.165) is 16.2 Å². The zero-order chi connectivity index (χ0) is 16.5. The van der Waals surface area contributed by atoms with Crippen LogP contribution in [0.3, 0.4) is 0 Å². The molecule has 1 amide bonds. The number of fused-ring (bicyclic) bond motifs is 1. The molecule has 124 valence electrons. The molecule has 0 spiro atoms. The van der Waals surface area contributed by atoms with E-state index in [2.05, 4.69) is 10.5 Å². The average Bonchev–Trinajstić information content (AvgIpc) is 3.31. The molecular weight excluding hydrogens is 352 g/mol. The van der Waals surface area contributed by atoms with Crippen LogP contribution in [-0.2, 0) is 16.2 Å². The van der Waals surface area contributed by atoms with Crippen molar-refractivity contribution in [2.75, 3.05) is 6.79 Å². The molecule has 2 aliphatic heterocycles. The Labute approximate surface area is 147 Å². The van der Waals surface area contributed by atoms with E-state index < -0.39 is 6.10 Å². The predicted molar refractivity (Wildman–Crippen MR) is 89.8 cm³/mol. The van der Waals surface area contributed by atoms with Crippen molar-refractivity contribution >= 4 is 34.6 Å². The number of halogens is 1. The van der Waals surface area contributed by atoms with Crippen molar-refractivity contribution in [1.29, 1.82) is 0 Å². The minimum absolute atomic E-state index is 0.201. The number of carbonyl (C=O) groups excluding carboxylic acids is 1. The minimum atomic E-state index is -0.630. The Morgan fingerprint density at radius 3 is 3.08 bits per heavy atom. The molecule has 0 bridgehead atoms. The van der Waals surface area contributed by atoms with Gasteiger partial charge in [0.15, 0.2) is 11.5 Å². The molecule has 24 heavy (non-hydrogen) atoms. The lowest BCUT2D eigenvalue weighted by Crippen LogP contribution is -2.34. The zero-order valence-corrected chi connectivity index (χ0v) is 14.0. The van der Waals surface area contributed by atoms with Crippen LogP contribution in [-0.4, -0.2) is 24.5 Å². The summed E-state index contributed by atoms with van der Waals surface area (Å²) >= 11 is 7.34. The molecule has 0 saturated heterocycles. The number of amides is 1. The number of rotatable bonds is 4. The normalized spacial score (nSPS) is 18.2. The van der Waals surface area contributed by atoms with E-state index in [9.17, 15) is 4.79 Å². The third-order valence-corrected chi connectivity index (χ3v) is 5.03. The van der Waals surface area contributed by atoms with Gasteiger partial charge in [0.2, 0.25) is 12.9 Å². The molecule has 1 aromatic carbocycles. The number of benzene rings is 1. The summed E-state index contributed by atoms with van der Waals surface area (Å²) in [5.41, 5.74) is 1.60. The Balaban J connectivity index is 1.36. The quantitative estimate of drug-likeness (QED) is 0.905. The summed E-state index contributed by atoms with van der Waals surface area (Å²) in [6.45, 7) is 0.540. The molecule has 3 heterocycles. The van der Waals surface area contributed by atoms with Gasteiger partial charge in [-0.05, 0) is 18.2 Å². The highest BCUT2D eigenvalue weighted by Gasteiger charge is 2.29. The van der Waals surface area contributed by atoms with Gasteiger partial charge in [-0.3, -0.25) is 4.79 Å². The molecule has 0 unspecified atom stereocenters. The molecule has 6 nitrogen and oxygen atoms in total. The maximum Gasteiger partial charge on any atom is 0.264 e. The summed E-state index contributed by atoms with van der Waals surface area (Å²) in [6, 6.07) is 9.26. The minimum Gasteiger partial charge on any atom is -0.454 e. The van der Waals surface area contributed by atoms with Gasteiger partial charge in [-0.2, -0.15) is 0 Å². The van der Waals surface area contributed by atoms with Crippen molar-refractivity contribution in [3.05, 3.63) is 45.1 Å². The van der Waals surface area contributed by atoms with Crippen molar-refractivity contribution < 1.29 is 19.1 Å². The van der Waals surface area contributed by atoms with Crippen LogP contribution in [0.15, 0.2) is 35.5 Å². The van der Waals surface area contributed by atoms with Crippen LogP contribution in [0.1, 0.15) is 16.9 Å². The van der Waals surface area contributed by atoms with E-state index in [1.165, 1.54) is 11.3 Å². The highest BCUT2D eigenvalue weighted by atomic mass is 35.5. The van der Waals surface area contributed by atoms with Gasteiger partial charge >= 0.3 is 0 Å². The van der Waals surface area contributed by atoms with Crippen LogP contribution in [0.5, 0.6) is 11.5 Å². The Hall–Kier alpha value is -2.25. The number of hydrogen-bond acceptors (Lipinski definition) is 6. The van der Waals surface area contributed by atoms with Crippen LogP contribution in [0.2, 0.25) is 4.34 Å². The van der Waals surface area contributed by atoms with E-state index in [1.807, 2.05) is 24.3 Å². The standard InChI is InChI=1S/C16H13ClN2O4S/c17-14-5-4-13(24-14)10-6-12(23-19-10)16(20)18-7-9-2-1-3-11-15(9)22-8-21-11/h1-5,12H,6-8H2,(H,18,20)/t12-/m1/s1. The fourth-order valence-corrected chi connectivity index (χ4v) is 3.59. The molecule has 0 aliphatic carbocycles. The first-order valence-electron chi connectivity index (χ1n) is 7.34. The summed E-state index contributed by atoms with van der Waals surface area (Å²) in [4.78, 5) is 18.5. The van der Waals surface area contributed by atoms with Crippen molar-refractivity contribution in [1.82, 2.24) is 5.32 Å². The first-order chi connectivity index (χ1) is 11.7. The topological polar surface area (TPSA) is 69.2 Å². The molecule has 0 fully saturated rings.